The number of H-pyrrole nitrogens is 1. The lowest BCUT2D eigenvalue weighted by Gasteiger charge is -2.04. The summed E-state index contributed by atoms with van der Waals surface area (Å²) in [5, 5.41) is 4.79. The summed E-state index contributed by atoms with van der Waals surface area (Å²) in [6.45, 7) is 2.00. The third-order valence-corrected chi connectivity index (χ3v) is 4.40. The Hall–Kier alpha value is -2.20. The summed E-state index contributed by atoms with van der Waals surface area (Å²) >= 11 is 1.64. The summed E-state index contributed by atoms with van der Waals surface area (Å²) < 4.78 is 1.09. The number of hydrogen-bond donors (Lipinski definition) is 1. The van der Waals surface area contributed by atoms with Crippen molar-refractivity contribution in [1.82, 2.24) is 9.97 Å². The minimum atomic E-state index is -0.0401. The van der Waals surface area contributed by atoms with Gasteiger partial charge in [-0.05, 0) is 18.4 Å². The molecule has 0 fully saturated rings. The third kappa shape index (κ3) is 1.58. The Morgan fingerprint density at radius 3 is 2.65 bits per heavy atom. The predicted octanol–water partition coefficient (Wildman–Crippen LogP) is 4.24. The number of aromatic nitrogens is 2. The fraction of sp³-hybridized carbons (Fsp3) is 0.125. The minimum Gasteiger partial charge on any atom is -0.329 e. The molecule has 0 spiro atoms. The van der Waals surface area contributed by atoms with Crippen molar-refractivity contribution in [2.75, 3.05) is 0 Å². The second kappa shape index (κ2) is 4.42. The normalized spacial score (nSPS) is 11.1. The van der Waals surface area contributed by atoms with E-state index in [1.54, 1.807) is 17.5 Å². The first kappa shape index (κ1) is 12.8. The Bertz CT molecular complexity index is 998. The average Bonchev–Trinajstić information content (AvgIpc) is 2.81. The Labute approximate surface area is 119 Å². The van der Waals surface area contributed by atoms with Crippen LogP contribution in [-0.2, 0) is 0 Å². The molecule has 100 valence electrons. The number of rotatable bonds is 0. The Balaban J connectivity index is 0.00000121. The fourth-order valence-corrected chi connectivity index (χ4v) is 3.60. The van der Waals surface area contributed by atoms with E-state index in [-0.39, 0.29) is 13.0 Å². The molecule has 0 radical (unpaired) electrons. The number of benzene rings is 2. The first-order valence-corrected chi connectivity index (χ1v) is 6.86. The number of aryl methyl sites for hydroxylation is 1. The molecule has 0 saturated heterocycles. The third-order valence-electron chi connectivity index (χ3n) is 3.39. The predicted molar refractivity (Wildman–Crippen MR) is 86.7 cm³/mol. The second-order valence-electron chi connectivity index (χ2n) is 4.55. The maximum absolute atomic E-state index is 12.2. The molecule has 0 aliphatic rings. The Morgan fingerprint density at radius 2 is 1.85 bits per heavy atom. The van der Waals surface area contributed by atoms with Crippen molar-refractivity contribution in [3.8, 4) is 0 Å². The lowest BCUT2D eigenvalue weighted by atomic mass is 10.0. The van der Waals surface area contributed by atoms with Crippen molar-refractivity contribution < 1.29 is 0 Å². The van der Waals surface area contributed by atoms with Crippen LogP contribution >= 0.6 is 11.3 Å². The molecule has 2 heterocycles. The highest BCUT2D eigenvalue weighted by Gasteiger charge is 2.13. The summed E-state index contributed by atoms with van der Waals surface area (Å²) in [5.41, 5.74) is 0.956. The van der Waals surface area contributed by atoms with Crippen molar-refractivity contribution in [3.63, 3.8) is 0 Å². The van der Waals surface area contributed by atoms with E-state index < -0.39 is 0 Å². The van der Waals surface area contributed by atoms with E-state index in [9.17, 15) is 4.79 Å². The molecule has 2 aromatic heterocycles. The SMILES string of the molecule is C.Cc1nc2c3ccccc3c3c(=O)[nH]ccc3c2s1. The summed E-state index contributed by atoms with van der Waals surface area (Å²) in [6.07, 6.45) is 1.70. The van der Waals surface area contributed by atoms with Crippen molar-refractivity contribution in [2.24, 2.45) is 0 Å². The Kier molecular flexibility index (Phi) is 2.83. The highest BCUT2D eigenvalue weighted by Crippen LogP contribution is 2.35. The van der Waals surface area contributed by atoms with E-state index >= 15 is 0 Å². The van der Waals surface area contributed by atoms with Crippen LogP contribution in [0, 0.1) is 6.92 Å². The van der Waals surface area contributed by atoms with Crippen LogP contribution in [0.5, 0.6) is 0 Å². The van der Waals surface area contributed by atoms with Crippen LogP contribution in [0.25, 0.3) is 31.8 Å². The van der Waals surface area contributed by atoms with Crippen LogP contribution in [0.2, 0.25) is 0 Å². The topological polar surface area (TPSA) is 45.8 Å². The van der Waals surface area contributed by atoms with Gasteiger partial charge in [0, 0.05) is 17.0 Å². The van der Waals surface area contributed by atoms with Crippen LogP contribution in [0.15, 0.2) is 41.3 Å². The van der Waals surface area contributed by atoms with Crippen LogP contribution < -0.4 is 5.56 Å². The summed E-state index contributed by atoms with van der Waals surface area (Å²) in [5.74, 6) is 0. The molecule has 3 nitrogen and oxygen atoms in total. The van der Waals surface area contributed by atoms with Gasteiger partial charge in [0.2, 0.25) is 0 Å². The average molecular weight is 282 g/mol. The summed E-state index contributed by atoms with van der Waals surface area (Å²) in [7, 11) is 0. The Morgan fingerprint density at radius 1 is 1.10 bits per heavy atom. The maximum atomic E-state index is 12.2. The largest absolute Gasteiger partial charge is 0.329 e. The lowest BCUT2D eigenvalue weighted by Crippen LogP contribution is -2.05. The van der Waals surface area contributed by atoms with E-state index in [1.807, 2.05) is 37.3 Å². The number of pyridine rings is 1. The quantitative estimate of drug-likeness (QED) is 0.490. The molecule has 4 aromatic rings. The number of thiazole rings is 1. The molecule has 0 bridgehead atoms. The molecule has 0 aliphatic carbocycles. The highest BCUT2D eigenvalue weighted by atomic mass is 32.1. The van der Waals surface area contributed by atoms with E-state index in [0.717, 1.165) is 36.8 Å². The van der Waals surface area contributed by atoms with E-state index in [2.05, 4.69) is 9.97 Å². The van der Waals surface area contributed by atoms with E-state index in [0.29, 0.717) is 0 Å². The smallest absolute Gasteiger partial charge is 0.256 e. The zero-order valence-corrected chi connectivity index (χ0v) is 11.0. The van der Waals surface area contributed by atoms with Gasteiger partial charge < -0.3 is 4.98 Å². The first-order chi connectivity index (χ1) is 9.25. The number of fused-ring (bicyclic) bond motifs is 6. The zero-order chi connectivity index (χ0) is 13.0. The van der Waals surface area contributed by atoms with Gasteiger partial charge in [-0.3, -0.25) is 4.79 Å². The molecule has 0 aliphatic heterocycles. The van der Waals surface area contributed by atoms with Gasteiger partial charge in [0.25, 0.3) is 5.56 Å². The molecule has 0 unspecified atom stereocenters. The summed E-state index contributed by atoms with van der Waals surface area (Å²) in [4.78, 5) is 19.6. The second-order valence-corrected chi connectivity index (χ2v) is 5.75. The molecule has 20 heavy (non-hydrogen) atoms. The van der Waals surface area contributed by atoms with Crippen molar-refractivity contribution in [3.05, 3.63) is 51.9 Å². The summed E-state index contributed by atoms with van der Waals surface area (Å²) in [6, 6.07) is 9.92. The van der Waals surface area contributed by atoms with Gasteiger partial charge in [0.15, 0.2) is 0 Å². The van der Waals surface area contributed by atoms with Crippen molar-refractivity contribution in [2.45, 2.75) is 14.4 Å². The monoisotopic (exact) mass is 282 g/mol. The number of aromatic amines is 1. The van der Waals surface area contributed by atoms with Crippen molar-refractivity contribution >= 4 is 43.1 Å². The van der Waals surface area contributed by atoms with Gasteiger partial charge in [-0.2, -0.15) is 0 Å². The van der Waals surface area contributed by atoms with Crippen LogP contribution in [0.4, 0.5) is 0 Å². The fourth-order valence-electron chi connectivity index (χ4n) is 2.63. The standard InChI is InChI=1S/C15H10N2OS.CH4/c1-8-17-13-10-5-3-2-4-9(10)12-11(14(13)19-8)6-7-16-15(12)18;/h2-7H,1H3,(H,16,18);1H4. The van der Waals surface area contributed by atoms with Crippen molar-refractivity contribution in [1.29, 1.82) is 0 Å². The van der Waals surface area contributed by atoms with Crippen LogP contribution in [0.1, 0.15) is 12.4 Å². The zero-order valence-electron chi connectivity index (χ0n) is 10.2. The molecular weight excluding hydrogens is 268 g/mol. The molecule has 0 saturated carbocycles. The molecule has 1 N–H and O–H groups in total. The van der Waals surface area contributed by atoms with Gasteiger partial charge in [-0.15, -0.1) is 11.3 Å². The number of nitrogens with one attached hydrogen (secondary N) is 1. The molecule has 4 rings (SSSR count). The van der Waals surface area contributed by atoms with Gasteiger partial charge >= 0.3 is 0 Å². The number of hydrogen-bond acceptors (Lipinski definition) is 3. The molecule has 4 heteroatoms. The van der Waals surface area contributed by atoms with E-state index in [4.69, 9.17) is 0 Å². The van der Waals surface area contributed by atoms with Crippen LogP contribution in [-0.4, -0.2) is 9.97 Å². The lowest BCUT2D eigenvalue weighted by molar-refractivity contribution is 1.28. The van der Waals surface area contributed by atoms with Gasteiger partial charge in [0.05, 0.1) is 20.6 Å². The highest BCUT2D eigenvalue weighted by molar-refractivity contribution is 7.19. The molecule has 0 atom stereocenters. The molecular formula is C16H14N2OS. The van der Waals surface area contributed by atoms with Crippen LogP contribution in [0.3, 0.4) is 0 Å². The minimum absolute atomic E-state index is 0. The molecule has 0 amide bonds. The maximum Gasteiger partial charge on any atom is 0.256 e. The van der Waals surface area contributed by atoms with Gasteiger partial charge in [0.1, 0.15) is 0 Å². The van der Waals surface area contributed by atoms with Gasteiger partial charge in [-0.1, -0.05) is 31.7 Å². The number of nitrogens with zero attached hydrogens (tertiary/aromatic N) is 1. The van der Waals surface area contributed by atoms with E-state index in [1.165, 1.54) is 0 Å². The first-order valence-electron chi connectivity index (χ1n) is 6.05. The molecule has 2 aromatic carbocycles. The van der Waals surface area contributed by atoms with Gasteiger partial charge in [-0.25, -0.2) is 4.98 Å².